The van der Waals surface area contributed by atoms with E-state index in [2.05, 4.69) is 0 Å². The molecular weight excluding hydrogens is 283 g/mol. The standard InChI is InChI=1S/C17H25FN2O2/c1-4-10-19(11-5-2)17(22)13-20(14(3)21)12-15-8-6-7-9-16(15)18/h6-9H,4-5,10-13H2,1-3H3. The van der Waals surface area contributed by atoms with Crippen LogP contribution in [0.25, 0.3) is 0 Å². The maximum absolute atomic E-state index is 13.7. The van der Waals surface area contributed by atoms with Gasteiger partial charge in [-0.2, -0.15) is 0 Å². The molecule has 0 unspecified atom stereocenters. The lowest BCUT2D eigenvalue weighted by molar-refractivity contribution is -0.140. The molecule has 5 heteroatoms. The van der Waals surface area contributed by atoms with E-state index in [1.54, 1.807) is 23.1 Å². The van der Waals surface area contributed by atoms with E-state index in [1.165, 1.54) is 17.9 Å². The summed E-state index contributed by atoms with van der Waals surface area (Å²) in [4.78, 5) is 27.3. The summed E-state index contributed by atoms with van der Waals surface area (Å²) in [5.41, 5.74) is 0.419. The summed E-state index contributed by atoms with van der Waals surface area (Å²) in [6.45, 7) is 6.88. The summed E-state index contributed by atoms with van der Waals surface area (Å²) < 4.78 is 13.7. The number of rotatable bonds is 8. The maximum Gasteiger partial charge on any atom is 0.242 e. The van der Waals surface area contributed by atoms with Gasteiger partial charge in [-0.15, -0.1) is 0 Å². The van der Waals surface area contributed by atoms with Crippen LogP contribution in [-0.2, 0) is 16.1 Å². The molecule has 122 valence electrons. The predicted molar refractivity (Wildman–Crippen MR) is 84.7 cm³/mol. The lowest BCUT2D eigenvalue weighted by Gasteiger charge is -2.26. The fraction of sp³-hybridized carbons (Fsp3) is 0.529. The van der Waals surface area contributed by atoms with Crippen molar-refractivity contribution >= 4 is 11.8 Å². The van der Waals surface area contributed by atoms with Crippen LogP contribution in [0, 0.1) is 5.82 Å². The second-order valence-corrected chi connectivity index (χ2v) is 5.35. The third-order valence-corrected chi connectivity index (χ3v) is 3.43. The van der Waals surface area contributed by atoms with Gasteiger partial charge in [-0.05, 0) is 18.9 Å². The Kier molecular flexibility index (Phi) is 7.57. The van der Waals surface area contributed by atoms with Crippen molar-refractivity contribution in [2.45, 2.75) is 40.2 Å². The Labute approximate surface area is 131 Å². The Bertz CT molecular complexity index is 499. The molecule has 1 aromatic carbocycles. The van der Waals surface area contributed by atoms with Crippen molar-refractivity contribution < 1.29 is 14.0 Å². The molecule has 0 heterocycles. The van der Waals surface area contributed by atoms with E-state index in [0.29, 0.717) is 18.7 Å². The van der Waals surface area contributed by atoms with Crippen molar-refractivity contribution in [2.24, 2.45) is 0 Å². The molecule has 0 spiro atoms. The van der Waals surface area contributed by atoms with Crippen molar-refractivity contribution in [3.63, 3.8) is 0 Å². The number of hydrogen-bond donors (Lipinski definition) is 0. The highest BCUT2D eigenvalue weighted by Gasteiger charge is 2.19. The largest absolute Gasteiger partial charge is 0.341 e. The number of hydrogen-bond acceptors (Lipinski definition) is 2. The average molecular weight is 308 g/mol. The summed E-state index contributed by atoms with van der Waals surface area (Å²) >= 11 is 0. The minimum atomic E-state index is -0.361. The van der Waals surface area contributed by atoms with Crippen molar-refractivity contribution in [1.29, 1.82) is 0 Å². The molecule has 0 N–H and O–H groups in total. The van der Waals surface area contributed by atoms with Gasteiger partial charge in [-0.1, -0.05) is 32.0 Å². The van der Waals surface area contributed by atoms with Crippen LogP contribution < -0.4 is 0 Å². The molecule has 1 aromatic rings. The zero-order chi connectivity index (χ0) is 16.5. The molecule has 0 aliphatic carbocycles. The summed E-state index contributed by atoms with van der Waals surface area (Å²) in [5.74, 6) is -0.681. The summed E-state index contributed by atoms with van der Waals surface area (Å²) in [7, 11) is 0. The molecule has 0 aromatic heterocycles. The Morgan fingerprint density at radius 3 is 2.14 bits per heavy atom. The zero-order valence-electron chi connectivity index (χ0n) is 13.6. The summed E-state index contributed by atoms with van der Waals surface area (Å²) in [6.07, 6.45) is 1.75. The minimum Gasteiger partial charge on any atom is -0.341 e. The van der Waals surface area contributed by atoms with Crippen molar-refractivity contribution in [3.8, 4) is 0 Å². The molecule has 22 heavy (non-hydrogen) atoms. The first-order valence-electron chi connectivity index (χ1n) is 7.76. The van der Waals surface area contributed by atoms with Crippen LogP contribution in [-0.4, -0.2) is 41.2 Å². The average Bonchev–Trinajstić information content (AvgIpc) is 2.48. The molecule has 0 atom stereocenters. The normalized spacial score (nSPS) is 10.4. The number of carbonyl (C=O) groups excluding carboxylic acids is 2. The van der Waals surface area contributed by atoms with Crippen molar-refractivity contribution in [2.75, 3.05) is 19.6 Å². The first-order valence-corrected chi connectivity index (χ1v) is 7.76. The van der Waals surface area contributed by atoms with Crippen LogP contribution in [0.4, 0.5) is 4.39 Å². The van der Waals surface area contributed by atoms with Crippen molar-refractivity contribution in [3.05, 3.63) is 35.6 Å². The van der Waals surface area contributed by atoms with Gasteiger partial charge in [0.15, 0.2) is 0 Å². The molecule has 0 aliphatic rings. The Morgan fingerprint density at radius 2 is 1.64 bits per heavy atom. The monoisotopic (exact) mass is 308 g/mol. The fourth-order valence-corrected chi connectivity index (χ4v) is 2.28. The SMILES string of the molecule is CCCN(CCC)C(=O)CN(Cc1ccccc1F)C(C)=O. The van der Waals surface area contributed by atoms with Gasteiger partial charge in [-0.3, -0.25) is 9.59 Å². The third kappa shape index (κ3) is 5.47. The van der Waals surface area contributed by atoms with Gasteiger partial charge < -0.3 is 9.80 Å². The molecule has 0 saturated carbocycles. The number of carbonyl (C=O) groups is 2. The molecule has 2 amide bonds. The van der Waals surface area contributed by atoms with Crippen LogP contribution in [0.3, 0.4) is 0 Å². The molecule has 0 aliphatic heterocycles. The Morgan fingerprint density at radius 1 is 1.05 bits per heavy atom. The van der Waals surface area contributed by atoms with Gasteiger partial charge in [0.05, 0.1) is 0 Å². The Hall–Kier alpha value is -1.91. The van der Waals surface area contributed by atoms with Gasteiger partial charge in [-0.25, -0.2) is 4.39 Å². The first-order chi connectivity index (χ1) is 10.5. The maximum atomic E-state index is 13.7. The van der Waals surface area contributed by atoms with Gasteiger partial charge in [0.2, 0.25) is 11.8 Å². The van der Waals surface area contributed by atoms with Gasteiger partial charge in [0, 0.05) is 32.1 Å². The number of benzene rings is 1. The van der Waals surface area contributed by atoms with Gasteiger partial charge in [0.1, 0.15) is 12.4 Å². The highest BCUT2D eigenvalue weighted by Crippen LogP contribution is 2.10. The van der Waals surface area contributed by atoms with E-state index < -0.39 is 0 Å². The van der Waals surface area contributed by atoms with E-state index >= 15 is 0 Å². The lowest BCUT2D eigenvalue weighted by atomic mass is 10.2. The molecule has 4 nitrogen and oxygen atoms in total. The van der Waals surface area contributed by atoms with Crippen LogP contribution in [0.15, 0.2) is 24.3 Å². The molecule has 0 fully saturated rings. The van der Waals surface area contributed by atoms with Gasteiger partial charge >= 0.3 is 0 Å². The predicted octanol–water partition coefficient (Wildman–Crippen LogP) is 2.82. The van der Waals surface area contributed by atoms with E-state index in [4.69, 9.17) is 0 Å². The van der Waals surface area contributed by atoms with Gasteiger partial charge in [0.25, 0.3) is 0 Å². The van der Waals surface area contributed by atoms with Crippen molar-refractivity contribution in [1.82, 2.24) is 9.80 Å². The van der Waals surface area contributed by atoms with Crippen LogP contribution in [0.1, 0.15) is 39.2 Å². The number of nitrogens with zero attached hydrogens (tertiary/aromatic N) is 2. The molecule has 0 saturated heterocycles. The summed E-state index contributed by atoms with van der Waals surface area (Å²) in [6, 6.07) is 6.31. The topological polar surface area (TPSA) is 40.6 Å². The second-order valence-electron chi connectivity index (χ2n) is 5.35. The van der Waals surface area contributed by atoms with E-state index in [1.807, 2.05) is 13.8 Å². The fourth-order valence-electron chi connectivity index (χ4n) is 2.28. The Balaban J connectivity index is 2.77. The van der Waals surface area contributed by atoms with E-state index in [9.17, 15) is 14.0 Å². The quantitative estimate of drug-likeness (QED) is 0.741. The molecule has 1 rings (SSSR count). The zero-order valence-corrected chi connectivity index (χ0v) is 13.6. The minimum absolute atomic E-state index is 0.0103. The number of halogens is 1. The van der Waals surface area contributed by atoms with Crippen LogP contribution in [0.5, 0.6) is 0 Å². The first kappa shape index (κ1) is 18.1. The molecule has 0 radical (unpaired) electrons. The molecule has 0 bridgehead atoms. The third-order valence-electron chi connectivity index (χ3n) is 3.43. The summed E-state index contributed by atoms with van der Waals surface area (Å²) in [5, 5.41) is 0. The highest BCUT2D eigenvalue weighted by atomic mass is 19.1. The number of amides is 2. The smallest absolute Gasteiger partial charge is 0.242 e. The second kappa shape index (κ2) is 9.18. The highest BCUT2D eigenvalue weighted by molar-refractivity contribution is 5.83. The van der Waals surface area contributed by atoms with E-state index in [0.717, 1.165) is 12.8 Å². The molecular formula is C17H25FN2O2. The van der Waals surface area contributed by atoms with E-state index in [-0.39, 0.29) is 30.7 Å². The lowest BCUT2D eigenvalue weighted by Crippen LogP contribution is -2.42. The van der Waals surface area contributed by atoms with Crippen LogP contribution >= 0.6 is 0 Å². The van der Waals surface area contributed by atoms with Crippen LogP contribution in [0.2, 0.25) is 0 Å².